The average molecular weight is 442 g/mol. The summed E-state index contributed by atoms with van der Waals surface area (Å²) in [4.78, 5) is 12.5. The molecule has 31 heavy (non-hydrogen) atoms. The molecule has 5 rings (SSSR count). The van der Waals surface area contributed by atoms with Crippen molar-refractivity contribution in [1.29, 1.82) is 0 Å². The Labute approximate surface area is 190 Å². The molecule has 0 radical (unpaired) electrons. The zero-order valence-electron chi connectivity index (χ0n) is 16.6. The lowest BCUT2D eigenvalue weighted by Crippen LogP contribution is -2.18. The predicted octanol–water partition coefficient (Wildman–Crippen LogP) is 5.53. The van der Waals surface area contributed by atoms with Crippen molar-refractivity contribution in [3.05, 3.63) is 107 Å². The highest BCUT2D eigenvalue weighted by Gasteiger charge is 2.29. The first-order valence-corrected chi connectivity index (χ1v) is 11.2. The summed E-state index contributed by atoms with van der Waals surface area (Å²) in [5.41, 5.74) is 5.42. The number of thiocarbonyl (C=S) groups is 1. The van der Waals surface area contributed by atoms with Gasteiger partial charge in [0.25, 0.3) is 5.91 Å². The first kappa shape index (κ1) is 19.7. The topological polar surface area (TPSA) is 44.7 Å². The van der Waals surface area contributed by atoms with Crippen LogP contribution in [-0.2, 0) is 4.79 Å². The van der Waals surface area contributed by atoms with Gasteiger partial charge in [-0.1, -0.05) is 96.8 Å². The zero-order chi connectivity index (χ0) is 21.2. The molecule has 2 aliphatic heterocycles. The van der Waals surface area contributed by atoms with Crippen molar-refractivity contribution in [2.75, 3.05) is 5.01 Å². The van der Waals surface area contributed by atoms with Gasteiger partial charge in [0.2, 0.25) is 0 Å². The molecule has 0 saturated carbocycles. The van der Waals surface area contributed by atoms with Gasteiger partial charge in [0.15, 0.2) is 0 Å². The van der Waals surface area contributed by atoms with Gasteiger partial charge in [-0.3, -0.25) is 9.80 Å². The summed E-state index contributed by atoms with van der Waals surface area (Å²) in [5.74, 6) is -0.139. The fourth-order valence-electron chi connectivity index (χ4n) is 3.78. The summed E-state index contributed by atoms with van der Waals surface area (Å²) in [6.07, 6.45) is 2.70. The standard InChI is InChI=1S/C25H19N3OS2/c29-24-23(31-25(30)26-24)15-17-11-13-20(14-12-17)28-22(19-9-5-2-6-10-19)16-21(27-28)18-7-3-1-4-8-18/h1-15,22H,16H2,(H,26,29,30)/b23-15+. The van der Waals surface area contributed by atoms with E-state index in [1.807, 2.05) is 42.5 Å². The maximum Gasteiger partial charge on any atom is 0.263 e. The van der Waals surface area contributed by atoms with E-state index in [0.717, 1.165) is 28.9 Å². The van der Waals surface area contributed by atoms with Gasteiger partial charge in [-0.25, -0.2) is 0 Å². The van der Waals surface area contributed by atoms with Crippen LogP contribution in [0.5, 0.6) is 0 Å². The third-order valence-electron chi connectivity index (χ3n) is 5.30. The minimum absolute atomic E-state index is 0.133. The molecule has 1 fully saturated rings. The van der Waals surface area contributed by atoms with E-state index in [0.29, 0.717) is 9.23 Å². The van der Waals surface area contributed by atoms with Crippen LogP contribution in [0.25, 0.3) is 6.08 Å². The second-order valence-electron chi connectivity index (χ2n) is 7.33. The van der Waals surface area contributed by atoms with E-state index in [9.17, 15) is 4.79 Å². The molecule has 1 saturated heterocycles. The van der Waals surface area contributed by atoms with Gasteiger partial charge in [-0.15, -0.1) is 0 Å². The average Bonchev–Trinajstić information content (AvgIpc) is 3.39. The molecule has 0 aromatic heterocycles. The van der Waals surface area contributed by atoms with Crippen molar-refractivity contribution in [1.82, 2.24) is 5.32 Å². The predicted molar refractivity (Wildman–Crippen MR) is 132 cm³/mol. The Morgan fingerprint density at radius 1 is 0.968 bits per heavy atom. The van der Waals surface area contributed by atoms with Crippen molar-refractivity contribution >= 4 is 51.7 Å². The molecule has 0 spiro atoms. The Morgan fingerprint density at radius 3 is 2.29 bits per heavy atom. The fourth-order valence-corrected chi connectivity index (χ4v) is 4.83. The Balaban J connectivity index is 1.47. The Morgan fingerprint density at radius 2 is 1.65 bits per heavy atom. The van der Waals surface area contributed by atoms with Crippen LogP contribution in [0.1, 0.15) is 29.2 Å². The smallest absolute Gasteiger partial charge is 0.263 e. The normalized spacial score (nSPS) is 19.6. The van der Waals surface area contributed by atoms with Crippen LogP contribution in [0.4, 0.5) is 5.69 Å². The molecule has 6 heteroatoms. The first-order valence-electron chi connectivity index (χ1n) is 9.99. The quantitative estimate of drug-likeness (QED) is 0.427. The number of hydrogen-bond acceptors (Lipinski definition) is 5. The highest BCUT2D eigenvalue weighted by molar-refractivity contribution is 8.26. The Hall–Kier alpha value is -3.22. The third-order valence-corrected chi connectivity index (χ3v) is 6.46. The SMILES string of the molecule is O=C1NC(=S)S/C1=C/c1ccc(N2N=C(c3ccccc3)CC2c2ccccc2)cc1. The van der Waals surface area contributed by atoms with Crippen molar-refractivity contribution in [2.45, 2.75) is 12.5 Å². The van der Waals surface area contributed by atoms with Gasteiger partial charge in [-0.05, 0) is 34.9 Å². The number of thioether (sulfide) groups is 1. The second kappa shape index (κ2) is 8.49. The van der Waals surface area contributed by atoms with Crippen LogP contribution in [0, 0.1) is 0 Å². The minimum Gasteiger partial charge on any atom is -0.307 e. The fraction of sp³-hybridized carbons (Fsp3) is 0.0800. The zero-order valence-corrected chi connectivity index (χ0v) is 18.2. The lowest BCUT2D eigenvalue weighted by atomic mass is 9.98. The highest BCUT2D eigenvalue weighted by Crippen LogP contribution is 2.37. The number of carbonyl (C=O) groups excluding carboxylic acids is 1. The summed E-state index contributed by atoms with van der Waals surface area (Å²) in [6.45, 7) is 0. The molecule has 152 valence electrons. The van der Waals surface area contributed by atoms with Crippen LogP contribution in [0.2, 0.25) is 0 Å². The monoisotopic (exact) mass is 441 g/mol. The first-order chi connectivity index (χ1) is 15.2. The molecule has 1 unspecified atom stereocenters. The third kappa shape index (κ3) is 4.17. The molecule has 0 bridgehead atoms. The highest BCUT2D eigenvalue weighted by atomic mass is 32.2. The van der Waals surface area contributed by atoms with Crippen molar-refractivity contribution in [3.8, 4) is 0 Å². The molecule has 1 N–H and O–H groups in total. The molecule has 3 aromatic carbocycles. The summed E-state index contributed by atoms with van der Waals surface area (Å²) >= 11 is 6.36. The lowest BCUT2D eigenvalue weighted by Gasteiger charge is -2.24. The number of hydrogen-bond donors (Lipinski definition) is 1. The number of benzene rings is 3. The van der Waals surface area contributed by atoms with Gasteiger partial charge in [0.1, 0.15) is 4.32 Å². The van der Waals surface area contributed by atoms with E-state index in [4.69, 9.17) is 17.3 Å². The largest absolute Gasteiger partial charge is 0.307 e. The van der Waals surface area contributed by atoms with Crippen LogP contribution in [-0.4, -0.2) is 15.9 Å². The number of hydrazone groups is 1. The molecule has 4 nitrogen and oxygen atoms in total. The number of anilines is 1. The molecular formula is C25H19N3OS2. The number of rotatable bonds is 4. The maximum absolute atomic E-state index is 11.9. The van der Waals surface area contributed by atoms with E-state index in [-0.39, 0.29) is 11.9 Å². The van der Waals surface area contributed by atoms with Gasteiger partial charge < -0.3 is 5.32 Å². The van der Waals surface area contributed by atoms with Crippen molar-refractivity contribution in [3.63, 3.8) is 0 Å². The summed E-state index contributed by atoms with van der Waals surface area (Å²) in [7, 11) is 0. The maximum atomic E-state index is 11.9. The number of carbonyl (C=O) groups is 1. The molecule has 3 aromatic rings. The van der Waals surface area contributed by atoms with Gasteiger partial charge >= 0.3 is 0 Å². The second-order valence-corrected chi connectivity index (χ2v) is 9.05. The molecule has 1 amide bonds. The molecular weight excluding hydrogens is 422 g/mol. The van der Waals surface area contributed by atoms with Crippen molar-refractivity contribution < 1.29 is 4.79 Å². The Bertz CT molecular complexity index is 1190. The van der Waals surface area contributed by atoms with Crippen LogP contribution >= 0.6 is 24.0 Å². The Kier molecular flexibility index (Phi) is 5.40. The van der Waals surface area contributed by atoms with Crippen LogP contribution < -0.4 is 10.3 Å². The number of nitrogens with one attached hydrogen (secondary N) is 1. The van der Waals surface area contributed by atoms with Gasteiger partial charge in [-0.2, -0.15) is 5.10 Å². The number of nitrogens with zero attached hydrogens (tertiary/aromatic N) is 2. The molecule has 2 heterocycles. The van der Waals surface area contributed by atoms with Gasteiger partial charge in [0.05, 0.1) is 22.3 Å². The minimum atomic E-state index is -0.139. The lowest BCUT2D eigenvalue weighted by molar-refractivity contribution is -0.115. The molecule has 2 aliphatic rings. The summed E-state index contributed by atoms with van der Waals surface area (Å²) in [5, 5.41) is 9.74. The summed E-state index contributed by atoms with van der Waals surface area (Å²) in [6, 6.07) is 29.1. The molecule has 1 atom stereocenters. The van der Waals surface area contributed by atoms with E-state index in [2.05, 4.69) is 58.9 Å². The van der Waals surface area contributed by atoms with Crippen molar-refractivity contribution in [2.24, 2.45) is 5.10 Å². The van der Waals surface area contributed by atoms with E-state index in [1.54, 1.807) is 0 Å². The summed E-state index contributed by atoms with van der Waals surface area (Å²) < 4.78 is 0.499. The molecule has 0 aliphatic carbocycles. The van der Waals surface area contributed by atoms with Gasteiger partial charge in [0, 0.05) is 6.42 Å². The van der Waals surface area contributed by atoms with Crippen LogP contribution in [0.3, 0.4) is 0 Å². The van der Waals surface area contributed by atoms with E-state index < -0.39 is 0 Å². The van der Waals surface area contributed by atoms with E-state index >= 15 is 0 Å². The number of amides is 1. The van der Waals surface area contributed by atoms with E-state index in [1.165, 1.54) is 17.3 Å². The van der Waals surface area contributed by atoms with Crippen LogP contribution in [0.15, 0.2) is 94.9 Å².